The molecule has 1 aromatic rings. The van der Waals surface area contributed by atoms with Crippen LogP contribution in [0.4, 0.5) is 13.2 Å². The number of alkyl halides is 3. The van der Waals surface area contributed by atoms with Gasteiger partial charge in [-0.1, -0.05) is 0 Å². The summed E-state index contributed by atoms with van der Waals surface area (Å²) < 4.78 is 38.2. The molecule has 19 heavy (non-hydrogen) atoms. The highest BCUT2D eigenvalue weighted by Crippen LogP contribution is 2.32. The van der Waals surface area contributed by atoms with E-state index in [1.165, 1.54) is 11.0 Å². The van der Waals surface area contributed by atoms with Crippen molar-refractivity contribution in [3.05, 3.63) is 33.8 Å². The molecule has 1 atom stereocenters. The predicted molar refractivity (Wildman–Crippen MR) is 65.7 cm³/mol. The summed E-state index contributed by atoms with van der Waals surface area (Å²) in [7, 11) is 0. The fourth-order valence-corrected chi connectivity index (χ4v) is 2.38. The van der Waals surface area contributed by atoms with Gasteiger partial charge in [0.1, 0.15) is 0 Å². The molecule has 0 radical (unpaired) electrons. The first-order valence-corrected chi connectivity index (χ1v) is 6.42. The van der Waals surface area contributed by atoms with Gasteiger partial charge in [-0.2, -0.15) is 13.2 Å². The van der Waals surface area contributed by atoms with Crippen molar-refractivity contribution in [1.82, 2.24) is 4.90 Å². The molecule has 1 aromatic carbocycles. The van der Waals surface area contributed by atoms with E-state index in [0.29, 0.717) is 17.4 Å². The van der Waals surface area contributed by atoms with Crippen LogP contribution >= 0.6 is 15.9 Å². The number of likely N-dealkylation sites (tertiary alicyclic amines) is 1. The first-order chi connectivity index (χ1) is 8.79. The second kappa shape index (κ2) is 5.13. The van der Waals surface area contributed by atoms with E-state index >= 15 is 0 Å². The van der Waals surface area contributed by atoms with Gasteiger partial charge in [-0.15, -0.1) is 0 Å². The SMILES string of the molecule is O=C(c1cc(C(F)(F)F)ccc1Br)N1CCC(O)C1. The second-order valence-electron chi connectivity index (χ2n) is 4.39. The summed E-state index contributed by atoms with van der Waals surface area (Å²) in [6, 6.07) is 2.96. The number of carbonyl (C=O) groups excluding carboxylic acids is 1. The van der Waals surface area contributed by atoms with Gasteiger partial charge in [-0.3, -0.25) is 4.79 Å². The molecule has 3 nitrogen and oxygen atoms in total. The Kier molecular flexibility index (Phi) is 3.87. The maximum atomic E-state index is 12.6. The summed E-state index contributed by atoms with van der Waals surface area (Å²) >= 11 is 3.08. The van der Waals surface area contributed by atoms with Crippen LogP contribution in [0, 0.1) is 0 Å². The van der Waals surface area contributed by atoms with Crippen molar-refractivity contribution in [3.8, 4) is 0 Å². The van der Waals surface area contributed by atoms with Gasteiger partial charge in [0.15, 0.2) is 0 Å². The summed E-state index contributed by atoms with van der Waals surface area (Å²) in [5.41, 5.74) is -0.900. The summed E-state index contributed by atoms with van der Waals surface area (Å²) in [5.74, 6) is -0.505. The summed E-state index contributed by atoms with van der Waals surface area (Å²) in [6.07, 6.45) is -4.64. The zero-order valence-corrected chi connectivity index (χ0v) is 11.3. The highest BCUT2D eigenvalue weighted by molar-refractivity contribution is 9.10. The van der Waals surface area contributed by atoms with E-state index < -0.39 is 23.8 Å². The summed E-state index contributed by atoms with van der Waals surface area (Å²) in [6.45, 7) is 0.504. The lowest BCUT2D eigenvalue weighted by Gasteiger charge is -2.17. The van der Waals surface area contributed by atoms with E-state index in [0.717, 1.165) is 12.1 Å². The fraction of sp³-hybridized carbons (Fsp3) is 0.417. The van der Waals surface area contributed by atoms with Gasteiger partial charge < -0.3 is 10.0 Å². The molecule has 1 aliphatic rings. The molecule has 1 amide bonds. The summed E-state index contributed by atoms with van der Waals surface area (Å²) in [4.78, 5) is 13.5. The van der Waals surface area contributed by atoms with Crippen LogP contribution in [0.25, 0.3) is 0 Å². The number of aliphatic hydroxyl groups is 1. The molecule has 0 spiro atoms. The minimum atomic E-state index is -4.49. The molecule has 0 aromatic heterocycles. The van der Waals surface area contributed by atoms with Crippen molar-refractivity contribution >= 4 is 21.8 Å². The first-order valence-electron chi connectivity index (χ1n) is 5.63. The highest BCUT2D eigenvalue weighted by atomic mass is 79.9. The Morgan fingerprint density at radius 1 is 1.42 bits per heavy atom. The van der Waals surface area contributed by atoms with Crippen LogP contribution in [-0.2, 0) is 6.18 Å². The van der Waals surface area contributed by atoms with Gasteiger partial charge in [0, 0.05) is 17.6 Å². The smallest absolute Gasteiger partial charge is 0.391 e. The maximum absolute atomic E-state index is 12.6. The Morgan fingerprint density at radius 2 is 2.11 bits per heavy atom. The standard InChI is InChI=1S/C12H11BrF3NO2/c13-10-2-1-7(12(14,15)16)5-9(10)11(19)17-4-3-8(18)6-17/h1-2,5,8,18H,3-4,6H2. The van der Waals surface area contributed by atoms with Crippen molar-refractivity contribution in [1.29, 1.82) is 0 Å². The quantitative estimate of drug-likeness (QED) is 0.855. The molecule has 1 heterocycles. The normalized spacial score (nSPS) is 19.8. The molecule has 2 rings (SSSR count). The van der Waals surface area contributed by atoms with Crippen LogP contribution in [0.15, 0.2) is 22.7 Å². The molecule has 0 saturated carbocycles. The Balaban J connectivity index is 2.31. The van der Waals surface area contributed by atoms with Gasteiger partial charge in [0.2, 0.25) is 0 Å². The topological polar surface area (TPSA) is 40.5 Å². The van der Waals surface area contributed by atoms with Crippen molar-refractivity contribution in [3.63, 3.8) is 0 Å². The molecular formula is C12H11BrF3NO2. The number of benzene rings is 1. The van der Waals surface area contributed by atoms with E-state index in [-0.39, 0.29) is 12.1 Å². The molecule has 1 N–H and O–H groups in total. The Labute approximate surface area is 116 Å². The third-order valence-corrected chi connectivity index (χ3v) is 3.67. The number of nitrogens with zero attached hydrogens (tertiary/aromatic N) is 1. The lowest BCUT2D eigenvalue weighted by molar-refractivity contribution is -0.137. The van der Waals surface area contributed by atoms with Gasteiger partial charge >= 0.3 is 6.18 Å². The van der Waals surface area contributed by atoms with Crippen LogP contribution < -0.4 is 0 Å². The Bertz CT molecular complexity index is 504. The summed E-state index contributed by atoms with van der Waals surface area (Å²) in [5, 5.41) is 9.36. The number of halogens is 4. The van der Waals surface area contributed by atoms with Crippen LogP contribution in [0.5, 0.6) is 0 Å². The van der Waals surface area contributed by atoms with Gasteiger partial charge in [0.05, 0.1) is 17.2 Å². The zero-order valence-electron chi connectivity index (χ0n) is 9.75. The van der Waals surface area contributed by atoms with E-state index in [1.807, 2.05) is 0 Å². The molecule has 0 aliphatic carbocycles. The number of carbonyl (C=O) groups is 1. The number of aliphatic hydroxyl groups excluding tert-OH is 1. The average Bonchev–Trinajstić information content (AvgIpc) is 2.74. The van der Waals surface area contributed by atoms with E-state index in [4.69, 9.17) is 0 Å². The molecule has 1 unspecified atom stereocenters. The third-order valence-electron chi connectivity index (χ3n) is 2.97. The molecular weight excluding hydrogens is 327 g/mol. The van der Waals surface area contributed by atoms with E-state index in [9.17, 15) is 23.1 Å². The van der Waals surface area contributed by atoms with Gasteiger partial charge in [0.25, 0.3) is 5.91 Å². The number of amides is 1. The molecule has 1 fully saturated rings. The Morgan fingerprint density at radius 3 is 2.63 bits per heavy atom. The van der Waals surface area contributed by atoms with Crippen LogP contribution in [0.1, 0.15) is 22.3 Å². The predicted octanol–water partition coefficient (Wildman–Crippen LogP) is 2.67. The number of rotatable bonds is 1. The van der Waals surface area contributed by atoms with Gasteiger partial charge in [-0.05, 0) is 40.5 Å². The molecule has 0 bridgehead atoms. The van der Waals surface area contributed by atoms with Crippen molar-refractivity contribution in [2.75, 3.05) is 13.1 Å². The fourth-order valence-electron chi connectivity index (χ4n) is 1.96. The number of β-amino-alcohol motifs (C(OH)–C–C–N with tert-alkyl or cyclic N) is 1. The van der Waals surface area contributed by atoms with E-state index in [1.54, 1.807) is 0 Å². The van der Waals surface area contributed by atoms with Crippen LogP contribution in [0.2, 0.25) is 0 Å². The van der Waals surface area contributed by atoms with Crippen molar-refractivity contribution in [2.24, 2.45) is 0 Å². The van der Waals surface area contributed by atoms with Crippen LogP contribution in [0.3, 0.4) is 0 Å². The van der Waals surface area contributed by atoms with Crippen molar-refractivity contribution in [2.45, 2.75) is 18.7 Å². The third kappa shape index (κ3) is 3.09. The van der Waals surface area contributed by atoms with Crippen LogP contribution in [-0.4, -0.2) is 35.1 Å². The second-order valence-corrected chi connectivity index (χ2v) is 5.24. The first kappa shape index (κ1) is 14.3. The molecule has 104 valence electrons. The number of hydrogen-bond acceptors (Lipinski definition) is 2. The minimum absolute atomic E-state index is 0.0380. The maximum Gasteiger partial charge on any atom is 0.416 e. The highest BCUT2D eigenvalue weighted by Gasteiger charge is 2.33. The minimum Gasteiger partial charge on any atom is -0.391 e. The Hall–Kier alpha value is -1.08. The zero-order chi connectivity index (χ0) is 14.2. The van der Waals surface area contributed by atoms with Crippen molar-refractivity contribution < 1.29 is 23.1 Å². The van der Waals surface area contributed by atoms with Gasteiger partial charge in [-0.25, -0.2) is 0 Å². The largest absolute Gasteiger partial charge is 0.416 e. The monoisotopic (exact) mass is 337 g/mol. The number of hydrogen-bond donors (Lipinski definition) is 1. The van der Waals surface area contributed by atoms with E-state index in [2.05, 4.69) is 15.9 Å². The average molecular weight is 338 g/mol. The molecule has 1 aliphatic heterocycles. The lowest BCUT2D eigenvalue weighted by atomic mass is 10.1. The molecule has 7 heteroatoms. The molecule has 1 saturated heterocycles. The lowest BCUT2D eigenvalue weighted by Crippen LogP contribution is -2.30.